The second-order valence-corrected chi connectivity index (χ2v) is 5.54. The van der Waals surface area contributed by atoms with E-state index in [9.17, 15) is 4.79 Å². The minimum Gasteiger partial charge on any atom is -0.348 e. The smallest absolute Gasteiger partial charge is 0.254 e. The third-order valence-electron chi connectivity index (χ3n) is 2.59. The van der Waals surface area contributed by atoms with E-state index in [0.717, 1.165) is 10.0 Å². The zero-order valence-corrected chi connectivity index (χ0v) is 12.9. The summed E-state index contributed by atoms with van der Waals surface area (Å²) in [6.07, 6.45) is 0. The number of amides is 1. The molecule has 0 aliphatic rings. The molecule has 2 nitrogen and oxygen atoms in total. The lowest BCUT2D eigenvalue weighted by Gasteiger charge is -2.09. The highest BCUT2D eigenvalue weighted by atomic mass is 79.9. The number of hydrogen-bond donors (Lipinski definition) is 1. The van der Waals surface area contributed by atoms with Crippen molar-refractivity contribution in [2.45, 2.75) is 6.54 Å². The van der Waals surface area contributed by atoms with Crippen molar-refractivity contribution in [1.82, 2.24) is 5.32 Å². The van der Waals surface area contributed by atoms with Crippen LogP contribution in [0.15, 0.2) is 46.9 Å². The summed E-state index contributed by atoms with van der Waals surface area (Å²) in [6.45, 7) is 0.405. The third kappa shape index (κ3) is 3.50. The summed E-state index contributed by atoms with van der Waals surface area (Å²) in [7, 11) is 0. The van der Waals surface area contributed by atoms with Gasteiger partial charge in [-0.3, -0.25) is 4.79 Å². The maximum Gasteiger partial charge on any atom is 0.254 e. The van der Waals surface area contributed by atoms with Crippen LogP contribution in [0.25, 0.3) is 0 Å². The van der Waals surface area contributed by atoms with Crippen LogP contribution in [0, 0.1) is 0 Å². The van der Waals surface area contributed by atoms with Crippen molar-refractivity contribution in [2.75, 3.05) is 0 Å². The van der Waals surface area contributed by atoms with Crippen LogP contribution in [0.4, 0.5) is 0 Å². The van der Waals surface area contributed by atoms with Crippen molar-refractivity contribution in [3.8, 4) is 0 Å². The molecule has 0 aromatic heterocycles. The van der Waals surface area contributed by atoms with E-state index in [1.807, 2.05) is 24.3 Å². The molecule has 0 unspecified atom stereocenters. The van der Waals surface area contributed by atoms with Gasteiger partial charge in [-0.1, -0.05) is 63.4 Å². The standard InChI is InChI=1S/C14H10BrCl2NO/c15-10-5-2-1-4-9(10)8-18-14(19)13-11(16)6-3-7-12(13)17/h1-7H,8H2,(H,18,19). The van der Waals surface area contributed by atoms with Gasteiger partial charge in [0.15, 0.2) is 0 Å². The molecule has 19 heavy (non-hydrogen) atoms. The molecule has 0 fully saturated rings. The molecular formula is C14H10BrCl2NO. The summed E-state index contributed by atoms with van der Waals surface area (Å²) >= 11 is 15.4. The average Bonchev–Trinajstić information content (AvgIpc) is 2.37. The Bertz CT molecular complexity index is 596. The van der Waals surface area contributed by atoms with Crippen molar-refractivity contribution in [1.29, 1.82) is 0 Å². The quantitative estimate of drug-likeness (QED) is 0.847. The second kappa shape index (κ2) is 6.42. The molecule has 1 amide bonds. The molecule has 0 spiro atoms. The molecule has 0 radical (unpaired) electrons. The summed E-state index contributed by atoms with van der Waals surface area (Å²) in [5.74, 6) is -0.286. The lowest BCUT2D eigenvalue weighted by Crippen LogP contribution is -2.23. The molecule has 0 atom stereocenters. The number of hydrogen-bond acceptors (Lipinski definition) is 1. The van der Waals surface area contributed by atoms with E-state index in [1.54, 1.807) is 18.2 Å². The minimum absolute atomic E-state index is 0.286. The lowest BCUT2D eigenvalue weighted by atomic mass is 10.2. The third-order valence-corrected chi connectivity index (χ3v) is 3.99. The fourth-order valence-corrected chi connectivity index (χ4v) is 2.61. The van der Waals surface area contributed by atoms with Crippen LogP contribution in [0.3, 0.4) is 0 Å². The van der Waals surface area contributed by atoms with E-state index < -0.39 is 0 Å². The molecule has 1 N–H and O–H groups in total. The monoisotopic (exact) mass is 357 g/mol. The van der Waals surface area contributed by atoms with Crippen LogP contribution >= 0.6 is 39.1 Å². The summed E-state index contributed by atoms with van der Waals surface area (Å²) in [5, 5.41) is 3.49. The Morgan fingerprint density at radius 2 is 1.68 bits per heavy atom. The zero-order valence-electron chi connectivity index (χ0n) is 9.79. The Labute approximate surface area is 129 Å². The highest BCUT2D eigenvalue weighted by molar-refractivity contribution is 9.10. The van der Waals surface area contributed by atoms with Gasteiger partial charge in [-0.2, -0.15) is 0 Å². The van der Waals surface area contributed by atoms with Gasteiger partial charge in [0.25, 0.3) is 5.91 Å². The Hall–Kier alpha value is -1.03. The van der Waals surface area contributed by atoms with Gasteiger partial charge in [-0.15, -0.1) is 0 Å². The normalized spacial score (nSPS) is 10.3. The van der Waals surface area contributed by atoms with Crippen molar-refractivity contribution in [3.05, 3.63) is 68.1 Å². The van der Waals surface area contributed by atoms with Crippen molar-refractivity contribution < 1.29 is 4.79 Å². The maximum absolute atomic E-state index is 12.1. The van der Waals surface area contributed by atoms with E-state index in [1.165, 1.54) is 0 Å². The SMILES string of the molecule is O=C(NCc1ccccc1Br)c1c(Cl)cccc1Cl. The highest BCUT2D eigenvalue weighted by Gasteiger charge is 2.14. The second-order valence-electron chi connectivity index (χ2n) is 3.87. The first-order valence-corrected chi connectivity index (χ1v) is 7.10. The zero-order chi connectivity index (χ0) is 13.8. The first-order valence-electron chi connectivity index (χ1n) is 5.55. The Morgan fingerprint density at radius 3 is 2.32 bits per heavy atom. The molecule has 0 aliphatic heterocycles. The van der Waals surface area contributed by atoms with Gasteiger partial charge in [0.1, 0.15) is 0 Å². The van der Waals surface area contributed by atoms with Crippen LogP contribution in [0.5, 0.6) is 0 Å². The maximum atomic E-state index is 12.1. The number of carbonyl (C=O) groups is 1. The highest BCUT2D eigenvalue weighted by Crippen LogP contribution is 2.24. The van der Waals surface area contributed by atoms with Gasteiger partial charge >= 0.3 is 0 Å². The molecule has 0 saturated heterocycles. The summed E-state index contributed by atoms with van der Waals surface area (Å²) in [5.41, 5.74) is 1.29. The molecule has 0 bridgehead atoms. The molecule has 0 aliphatic carbocycles. The number of nitrogens with one attached hydrogen (secondary N) is 1. The molecule has 0 heterocycles. The molecule has 5 heteroatoms. The van der Waals surface area contributed by atoms with E-state index >= 15 is 0 Å². The Kier molecular flexibility index (Phi) is 4.86. The Morgan fingerprint density at radius 1 is 1.05 bits per heavy atom. The molecule has 2 aromatic rings. The predicted octanol–water partition coefficient (Wildman–Crippen LogP) is 4.69. The lowest BCUT2D eigenvalue weighted by molar-refractivity contribution is 0.0951. The predicted molar refractivity (Wildman–Crippen MR) is 81.8 cm³/mol. The van der Waals surface area contributed by atoms with Gasteiger partial charge in [-0.25, -0.2) is 0 Å². The van der Waals surface area contributed by atoms with E-state index in [0.29, 0.717) is 22.2 Å². The molecule has 2 aromatic carbocycles. The molecule has 98 valence electrons. The van der Waals surface area contributed by atoms with Crippen LogP contribution < -0.4 is 5.32 Å². The van der Waals surface area contributed by atoms with Crippen LogP contribution in [0.2, 0.25) is 10.0 Å². The van der Waals surface area contributed by atoms with Crippen LogP contribution in [-0.2, 0) is 6.54 Å². The van der Waals surface area contributed by atoms with Crippen molar-refractivity contribution in [2.24, 2.45) is 0 Å². The van der Waals surface area contributed by atoms with E-state index in [-0.39, 0.29) is 5.91 Å². The van der Waals surface area contributed by atoms with Crippen molar-refractivity contribution in [3.63, 3.8) is 0 Å². The van der Waals surface area contributed by atoms with E-state index in [2.05, 4.69) is 21.2 Å². The van der Waals surface area contributed by atoms with Gasteiger partial charge < -0.3 is 5.32 Å². The first kappa shape index (κ1) is 14.4. The van der Waals surface area contributed by atoms with Gasteiger partial charge in [0.2, 0.25) is 0 Å². The topological polar surface area (TPSA) is 29.1 Å². The molecular weight excluding hydrogens is 349 g/mol. The number of halogens is 3. The van der Waals surface area contributed by atoms with E-state index in [4.69, 9.17) is 23.2 Å². The number of benzene rings is 2. The summed E-state index contributed by atoms with van der Waals surface area (Å²) in [4.78, 5) is 12.1. The minimum atomic E-state index is -0.286. The number of rotatable bonds is 3. The largest absolute Gasteiger partial charge is 0.348 e. The van der Waals surface area contributed by atoms with Crippen LogP contribution in [-0.4, -0.2) is 5.91 Å². The average molecular weight is 359 g/mol. The fourth-order valence-electron chi connectivity index (χ4n) is 1.62. The van der Waals surface area contributed by atoms with Crippen molar-refractivity contribution >= 4 is 45.0 Å². The summed E-state index contributed by atoms with van der Waals surface area (Å²) in [6, 6.07) is 12.7. The number of carbonyl (C=O) groups excluding carboxylic acids is 1. The van der Waals surface area contributed by atoms with Crippen LogP contribution in [0.1, 0.15) is 15.9 Å². The summed E-state index contributed by atoms with van der Waals surface area (Å²) < 4.78 is 0.945. The molecule has 2 rings (SSSR count). The van der Waals surface area contributed by atoms with Gasteiger partial charge in [0.05, 0.1) is 15.6 Å². The Balaban J connectivity index is 2.13. The fraction of sp³-hybridized carbons (Fsp3) is 0.0714. The van der Waals surface area contributed by atoms with Gasteiger partial charge in [0, 0.05) is 11.0 Å². The molecule has 0 saturated carbocycles. The first-order chi connectivity index (χ1) is 9.09. The van der Waals surface area contributed by atoms with Gasteiger partial charge in [-0.05, 0) is 23.8 Å².